The second-order valence-corrected chi connectivity index (χ2v) is 18.1. The van der Waals surface area contributed by atoms with Gasteiger partial charge in [-0.2, -0.15) is 0 Å². The number of benzene rings is 4. The van der Waals surface area contributed by atoms with Crippen molar-refractivity contribution in [3.8, 4) is 50.3 Å². The Kier molecular flexibility index (Phi) is 13.5. The number of hydrazine groups is 1. The molecule has 10 rings (SSSR count). The number of para-hydroxylation sites is 1. The highest BCUT2D eigenvalue weighted by Crippen LogP contribution is 2.49. The van der Waals surface area contributed by atoms with Crippen LogP contribution in [0.15, 0.2) is 97.5 Å². The fourth-order valence-corrected chi connectivity index (χ4v) is 10.1. The Labute approximate surface area is 392 Å². The summed E-state index contributed by atoms with van der Waals surface area (Å²) in [5.41, 5.74) is 7.13. The van der Waals surface area contributed by atoms with Crippen LogP contribution in [0, 0.1) is 12.7 Å². The summed E-state index contributed by atoms with van der Waals surface area (Å²) in [4.78, 5) is 38.1. The lowest BCUT2D eigenvalue weighted by Gasteiger charge is -2.38. The normalized spacial score (nSPS) is 16.1. The summed E-state index contributed by atoms with van der Waals surface area (Å²) < 4.78 is 32.9. The summed E-state index contributed by atoms with van der Waals surface area (Å²) in [5.74, 6) is 0.214. The second kappa shape index (κ2) is 19.8. The second-order valence-electron chi connectivity index (χ2n) is 16.7. The Bertz CT molecular complexity index is 2870. The van der Waals surface area contributed by atoms with Gasteiger partial charge in [0.25, 0.3) is 0 Å². The molecule has 1 N–H and O–H groups in total. The summed E-state index contributed by atoms with van der Waals surface area (Å²) in [6.07, 6.45) is 1.63. The molecule has 4 bridgehead atoms. The number of fused-ring (bicyclic) bond motifs is 6. The van der Waals surface area contributed by atoms with Crippen LogP contribution in [0.3, 0.4) is 0 Å². The molecule has 0 aliphatic carbocycles. The highest BCUT2D eigenvalue weighted by atomic mass is 35.5. The number of aromatic nitrogens is 4. The van der Waals surface area contributed by atoms with Crippen molar-refractivity contribution in [2.45, 2.75) is 39.1 Å². The maximum atomic E-state index is 14.3. The molecule has 0 spiro atoms. The number of nitrogens with zero attached hydrogens (tertiary/aromatic N) is 8. The van der Waals surface area contributed by atoms with Gasteiger partial charge in [-0.25, -0.2) is 39.1 Å². The molecule has 3 aromatic heterocycles. The molecule has 0 amide bonds. The first-order valence-corrected chi connectivity index (χ1v) is 23.0. The Hall–Kier alpha value is -6.07. The molecule has 0 radical (unpaired) electrons. The lowest BCUT2D eigenvalue weighted by Crippen LogP contribution is -2.52. The number of carbonyl (C=O) groups is 1. The first-order valence-electron chi connectivity index (χ1n) is 21.8. The predicted molar refractivity (Wildman–Crippen MR) is 254 cm³/mol. The van der Waals surface area contributed by atoms with Crippen LogP contribution in [-0.2, 0) is 30.9 Å². The summed E-state index contributed by atoms with van der Waals surface area (Å²) in [5, 5.41) is 16.6. The van der Waals surface area contributed by atoms with Gasteiger partial charge in [0.1, 0.15) is 35.1 Å². The molecule has 13 nitrogen and oxygen atoms in total. The van der Waals surface area contributed by atoms with E-state index in [1.54, 1.807) is 31.5 Å². The number of ether oxygens (including phenoxy) is 3. The lowest BCUT2D eigenvalue weighted by molar-refractivity contribution is -0.145. The first-order chi connectivity index (χ1) is 32.0. The molecule has 340 valence electrons. The van der Waals surface area contributed by atoms with Gasteiger partial charge in [-0.3, -0.25) is 9.80 Å². The molecule has 16 heteroatoms. The van der Waals surface area contributed by atoms with Crippen molar-refractivity contribution in [1.82, 2.24) is 39.8 Å². The van der Waals surface area contributed by atoms with E-state index >= 15 is 0 Å². The van der Waals surface area contributed by atoms with Gasteiger partial charge in [0, 0.05) is 94.5 Å². The Morgan fingerprint density at radius 1 is 0.909 bits per heavy atom. The number of piperazine rings is 1. The number of halogens is 2. The Morgan fingerprint density at radius 3 is 2.47 bits per heavy atom. The van der Waals surface area contributed by atoms with Crippen molar-refractivity contribution in [3.63, 3.8) is 0 Å². The molecule has 0 saturated carbocycles. The minimum absolute atomic E-state index is 0.0424. The van der Waals surface area contributed by atoms with Gasteiger partial charge in [-0.1, -0.05) is 60.1 Å². The molecule has 4 aromatic carbocycles. The average molecular weight is 930 g/mol. The third kappa shape index (κ3) is 9.73. The zero-order chi connectivity index (χ0) is 45.9. The van der Waals surface area contributed by atoms with Crippen LogP contribution in [-0.4, -0.2) is 117 Å². The smallest absolute Gasteiger partial charge is 0.345 e. The molecule has 6 heterocycles. The lowest BCUT2D eigenvalue weighted by atomic mass is 9.94. The third-order valence-corrected chi connectivity index (χ3v) is 13.9. The zero-order valence-electron chi connectivity index (χ0n) is 37.2. The van der Waals surface area contributed by atoms with Gasteiger partial charge < -0.3 is 19.3 Å². The number of carboxylic acids is 1. The summed E-state index contributed by atoms with van der Waals surface area (Å²) in [6, 6.07) is 25.7. The number of hydrogen-bond acceptors (Lipinski definition) is 13. The van der Waals surface area contributed by atoms with E-state index in [9.17, 15) is 14.3 Å². The topological polar surface area (TPSA) is 130 Å². The van der Waals surface area contributed by atoms with E-state index in [1.807, 2.05) is 49.4 Å². The monoisotopic (exact) mass is 928 g/mol. The van der Waals surface area contributed by atoms with Crippen molar-refractivity contribution in [2.75, 3.05) is 60.5 Å². The average Bonchev–Trinajstić information content (AvgIpc) is 3.72. The summed E-state index contributed by atoms with van der Waals surface area (Å²) >= 11 is 8.80. The van der Waals surface area contributed by atoms with E-state index < -0.39 is 12.1 Å². The maximum absolute atomic E-state index is 14.3. The van der Waals surface area contributed by atoms with Crippen molar-refractivity contribution in [1.29, 1.82) is 0 Å². The largest absolute Gasteiger partial charge is 0.496 e. The molecule has 1 atom stereocenters. The quantitative estimate of drug-likeness (QED) is 0.133. The van der Waals surface area contributed by atoms with Crippen molar-refractivity contribution >= 4 is 39.1 Å². The highest BCUT2D eigenvalue weighted by Gasteiger charge is 2.29. The molecule has 1 saturated heterocycles. The molecule has 7 aromatic rings. The molecule has 1 fully saturated rings. The molecule has 0 unspecified atom stereocenters. The van der Waals surface area contributed by atoms with Crippen molar-refractivity contribution in [2.24, 2.45) is 0 Å². The van der Waals surface area contributed by atoms with Gasteiger partial charge in [0.15, 0.2) is 5.82 Å². The number of hydrogen-bond donors (Lipinski definition) is 1. The van der Waals surface area contributed by atoms with Crippen LogP contribution in [0.2, 0.25) is 5.02 Å². The fourth-order valence-electron chi connectivity index (χ4n) is 8.68. The van der Waals surface area contributed by atoms with Gasteiger partial charge in [0.05, 0.1) is 23.8 Å². The van der Waals surface area contributed by atoms with Crippen LogP contribution in [0.1, 0.15) is 27.9 Å². The van der Waals surface area contributed by atoms with E-state index in [-0.39, 0.29) is 24.7 Å². The number of rotatable bonds is 11. The maximum Gasteiger partial charge on any atom is 0.345 e. The predicted octanol–water partition coefficient (Wildman–Crippen LogP) is 8.66. The first kappa shape index (κ1) is 45.1. The highest BCUT2D eigenvalue weighted by molar-refractivity contribution is 7.22. The van der Waals surface area contributed by atoms with Crippen LogP contribution in [0.5, 0.6) is 17.4 Å². The van der Waals surface area contributed by atoms with E-state index in [1.165, 1.54) is 29.8 Å². The summed E-state index contributed by atoms with van der Waals surface area (Å²) in [6.45, 7) is 8.66. The van der Waals surface area contributed by atoms with Crippen molar-refractivity contribution in [3.05, 3.63) is 136 Å². The molecular weight excluding hydrogens is 879 g/mol. The van der Waals surface area contributed by atoms with E-state index in [0.717, 1.165) is 83.1 Å². The SMILES string of the molecule is COc1ccccc1-c1nccc(COc2ccc3cc2C[C@H](C(=O)O)Oc2ncnc4sc(-c5ccc(F)cc5)c(c24)-c2ccc(c(Cl)c2C)CN(CCN2CCN(N(C)C)CC2)C3)n1. The van der Waals surface area contributed by atoms with Crippen LogP contribution < -0.4 is 14.2 Å². The van der Waals surface area contributed by atoms with Crippen LogP contribution >= 0.6 is 22.9 Å². The standard InChI is InChI=1S/C50H50ClFN8O5S/c1-31-38-15-12-34(45(31)51)28-59(20-19-58-21-23-60(24-22-58)57(2)3)27-32-9-16-40(64-29-37-17-18-53-47(56-37)39-7-5-6-8-41(39)63-4)35(25-32)26-42(50(61)62)65-48-44-43(38)46(66-49(44)55-30-54-48)33-10-13-36(52)14-11-33/h5-18,25,30,42H,19-24,26-29H2,1-4H3,(H,61,62)/t42-/m1/s1. The molecule has 3 aliphatic heterocycles. The minimum atomic E-state index is -1.38. The fraction of sp³-hybridized carbons (Fsp3) is 0.300. The van der Waals surface area contributed by atoms with Gasteiger partial charge in [0.2, 0.25) is 12.0 Å². The van der Waals surface area contributed by atoms with Gasteiger partial charge in [-0.05, 0) is 76.7 Å². The van der Waals surface area contributed by atoms with Crippen molar-refractivity contribution < 1.29 is 28.5 Å². The van der Waals surface area contributed by atoms with Gasteiger partial charge in [-0.15, -0.1) is 11.3 Å². The Balaban J connectivity index is 1.12. The van der Waals surface area contributed by atoms with Gasteiger partial charge >= 0.3 is 5.97 Å². The number of carboxylic acid groups (broad SMARTS) is 1. The van der Waals surface area contributed by atoms with E-state index in [4.69, 9.17) is 30.8 Å². The number of aliphatic carboxylic acids is 1. The minimum Gasteiger partial charge on any atom is -0.496 e. The molecular formula is C50H50ClFN8O5S. The van der Waals surface area contributed by atoms with E-state index in [2.05, 4.69) is 61.0 Å². The molecule has 3 aliphatic rings. The zero-order valence-corrected chi connectivity index (χ0v) is 38.8. The Morgan fingerprint density at radius 2 is 1.70 bits per heavy atom. The number of methoxy groups -OCH3 is 1. The third-order valence-electron chi connectivity index (χ3n) is 12.2. The number of thiophene rings is 1. The van der Waals surface area contributed by atoms with Crippen LogP contribution in [0.25, 0.3) is 43.2 Å². The van der Waals surface area contributed by atoms with E-state index in [0.29, 0.717) is 56.9 Å². The summed E-state index contributed by atoms with van der Waals surface area (Å²) in [7, 11) is 5.77. The molecule has 66 heavy (non-hydrogen) atoms. The van der Waals surface area contributed by atoms with Crippen LogP contribution in [0.4, 0.5) is 4.39 Å².